The molecule has 1 aliphatic rings. The van der Waals surface area contributed by atoms with Crippen LogP contribution < -0.4 is 0 Å². The Kier molecular flexibility index (Phi) is 9.03. The predicted molar refractivity (Wildman–Crippen MR) is 93.2 cm³/mol. The highest BCUT2D eigenvalue weighted by atomic mass is 32.2. The molecule has 126 valence electrons. The highest BCUT2D eigenvalue weighted by Gasteiger charge is 2.40. The summed E-state index contributed by atoms with van der Waals surface area (Å²) in [6, 6.07) is 2.16. The summed E-state index contributed by atoms with van der Waals surface area (Å²) in [7, 11) is 3.00. The Labute approximate surface area is 136 Å². The van der Waals surface area contributed by atoms with Gasteiger partial charge in [0.15, 0.2) is 0 Å². The fourth-order valence-corrected chi connectivity index (χ4v) is 8.65. The molecule has 1 rings (SSSR count). The zero-order chi connectivity index (χ0) is 15.8. The molecule has 8 heteroatoms. The third-order valence-corrected chi connectivity index (χ3v) is 12.2. The van der Waals surface area contributed by atoms with Gasteiger partial charge in [0.05, 0.1) is 0 Å². The summed E-state index contributed by atoms with van der Waals surface area (Å²) in [6.07, 6.45) is 2.37. The summed E-state index contributed by atoms with van der Waals surface area (Å²) in [4.78, 5) is 0. The number of thioether (sulfide) groups is 1. The van der Waals surface area contributed by atoms with Gasteiger partial charge in [0.1, 0.15) is 0 Å². The smallest absolute Gasteiger partial charge is 0.406 e. The third kappa shape index (κ3) is 5.61. The van der Waals surface area contributed by atoms with Gasteiger partial charge < -0.3 is 22.3 Å². The zero-order valence-corrected chi connectivity index (χ0v) is 17.0. The fraction of sp³-hybridized carbons (Fsp3) is 1.00. The van der Waals surface area contributed by atoms with E-state index in [-0.39, 0.29) is 0 Å². The standard InChI is InChI=1S/C13H31NO4SSi2/c1-15-20(5)12-6-8-14(20)9-11-19-10-7-13-21(16-2,17-3)18-4/h6-13H2,1-5H3. The molecule has 0 saturated carbocycles. The van der Waals surface area contributed by atoms with Crippen LogP contribution in [0.4, 0.5) is 0 Å². The lowest BCUT2D eigenvalue weighted by Gasteiger charge is -2.31. The molecule has 0 aliphatic carbocycles. The average molecular weight is 354 g/mol. The molecule has 0 N–H and O–H groups in total. The Morgan fingerprint density at radius 2 is 1.76 bits per heavy atom. The molecule has 0 spiro atoms. The summed E-state index contributed by atoms with van der Waals surface area (Å²) in [5, 5.41) is 0. The van der Waals surface area contributed by atoms with Crippen LogP contribution in [-0.2, 0) is 17.7 Å². The van der Waals surface area contributed by atoms with E-state index >= 15 is 0 Å². The molecule has 5 nitrogen and oxygen atoms in total. The second kappa shape index (κ2) is 9.66. The van der Waals surface area contributed by atoms with Crippen LogP contribution >= 0.6 is 11.8 Å². The Balaban J connectivity index is 2.15. The van der Waals surface area contributed by atoms with Crippen molar-refractivity contribution in [3.8, 4) is 0 Å². The van der Waals surface area contributed by atoms with Gasteiger partial charge in [-0.2, -0.15) is 11.8 Å². The number of nitrogens with zero attached hydrogens (tertiary/aromatic N) is 1. The molecule has 1 heterocycles. The van der Waals surface area contributed by atoms with Crippen LogP contribution in [0.5, 0.6) is 0 Å². The van der Waals surface area contributed by atoms with Gasteiger partial charge in [-0.05, 0) is 37.7 Å². The summed E-state index contributed by atoms with van der Waals surface area (Å²) in [5.41, 5.74) is 0. The normalized spacial score (nSPS) is 23.9. The molecule has 1 saturated heterocycles. The molecule has 0 aromatic carbocycles. The van der Waals surface area contributed by atoms with Crippen molar-refractivity contribution in [3.63, 3.8) is 0 Å². The van der Waals surface area contributed by atoms with E-state index in [1.807, 2.05) is 18.9 Å². The van der Waals surface area contributed by atoms with Crippen LogP contribution in [0.25, 0.3) is 0 Å². The van der Waals surface area contributed by atoms with Gasteiger partial charge in [-0.15, -0.1) is 0 Å². The first-order chi connectivity index (χ1) is 10.1. The van der Waals surface area contributed by atoms with Crippen molar-refractivity contribution in [1.82, 2.24) is 4.57 Å². The van der Waals surface area contributed by atoms with Crippen molar-refractivity contribution in [2.24, 2.45) is 0 Å². The molecule has 1 fully saturated rings. The Hall–Kier alpha value is 0.584. The van der Waals surface area contributed by atoms with Crippen LogP contribution in [0.2, 0.25) is 18.6 Å². The van der Waals surface area contributed by atoms with Crippen LogP contribution in [0, 0.1) is 0 Å². The van der Waals surface area contributed by atoms with Crippen LogP contribution in [-0.4, -0.2) is 74.9 Å². The topological polar surface area (TPSA) is 40.2 Å². The molecular formula is C13H31NO4SSi2. The van der Waals surface area contributed by atoms with Gasteiger partial charge >= 0.3 is 8.80 Å². The third-order valence-electron chi connectivity index (χ3n) is 4.39. The minimum atomic E-state index is -2.37. The van der Waals surface area contributed by atoms with Crippen molar-refractivity contribution in [3.05, 3.63) is 0 Å². The van der Waals surface area contributed by atoms with E-state index in [2.05, 4.69) is 11.1 Å². The Morgan fingerprint density at radius 3 is 2.33 bits per heavy atom. The predicted octanol–water partition coefficient (Wildman–Crippen LogP) is 2.41. The largest absolute Gasteiger partial charge is 0.500 e. The molecule has 1 atom stereocenters. The first kappa shape index (κ1) is 19.6. The lowest BCUT2D eigenvalue weighted by atomic mass is 10.5. The Morgan fingerprint density at radius 1 is 1.10 bits per heavy atom. The molecule has 0 amide bonds. The van der Waals surface area contributed by atoms with E-state index in [1.54, 1.807) is 21.3 Å². The minimum absolute atomic E-state index is 0.887. The van der Waals surface area contributed by atoms with Crippen LogP contribution in [0.1, 0.15) is 12.8 Å². The molecule has 1 unspecified atom stereocenters. The molecule has 0 aromatic rings. The fourth-order valence-electron chi connectivity index (χ4n) is 2.80. The monoisotopic (exact) mass is 353 g/mol. The number of hydrogen-bond acceptors (Lipinski definition) is 6. The molecule has 21 heavy (non-hydrogen) atoms. The second-order valence-corrected chi connectivity index (χ2v) is 13.7. The van der Waals surface area contributed by atoms with Gasteiger partial charge in [0, 0.05) is 46.8 Å². The summed E-state index contributed by atoms with van der Waals surface area (Å²) in [5.74, 6) is 2.30. The number of rotatable bonds is 11. The van der Waals surface area contributed by atoms with Gasteiger partial charge in [0.25, 0.3) is 8.48 Å². The van der Waals surface area contributed by atoms with Crippen LogP contribution in [0.15, 0.2) is 0 Å². The van der Waals surface area contributed by atoms with Crippen molar-refractivity contribution in [2.45, 2.75) is 31.5 Å². The lowest BCUT2D eigenvalue weighted by molar-refractivity contribution is 0.123. The lowest BCUT2D eigenvalue weighted by Crippen LogP contribution is -2.49. The molecule has 0 bridgehead atoms. The average Bonchev–Trinajstić information content (AvgIpc) is 2.89. The highest BCUT2D eigenvalue weighted by Crippen LogP contribution is 2.26. The van der Waals surface area contributed by atoms with E-state index in [4.69, 9.17) is 17.7 Å². The summed E-state index contributed by atoms with van der Waals surface area (Å²) >= 11 is 2.00. The maximum absolute atomic E-state index is 5.79. The van der Waals surface area contributed by atoms with Crippen molar-refractivity contribution >= 4 is 29.0 Å². The van der Waals surface area contributed by atoms with E-state index in [0.29, 0.717) is 0 Å². The molecule has 0 radical (unpaired) electrons. The zero-order valence-electron chi connectivity index (χ0n) is 14.1. The maximum Gasteiger partial charge on any atom is 0.500 e. The quantitative estimate of drug-likeness (QED) is 0.420. The minimum Gasteiger partial charge on any atom is -0.406 e. The van der Waals surface area contributed by atoms with E-state index in [1.165, 1.54) is 24.8 Å². The van der Waals surface area contributed by atoms with Crippen molar-refractivity contribution in [2.75, 3.05) is 53.0 Å². The SMILES string of the molecule is CO[Si](CCCSCCN1CCC[Si]1(C)OC)(OC)OC. The first-order valence-corrected chi connectivity index (χ1v) is 13.2. The second-order valence-electron chi connectivity index (χ2n) is 5.48. The number of hydrogen-bond donors (Lipinski definition) is 0. The highest BCUT2D eigenvalue weighted by molar-refractivity contribution is 7.99. The van der Waals surface area contributed by atoms with Gasteiger partial charge in [-0.3, -0.25) is 0 Å². The van der Waals surface area contributed by atoms with E-state index in [9.17, 15) is 0 Å². The van der Waals surface area contributed by atoms with Gasteiger partial charge in [-0.1, -0.05) is 0 Å². The summed E-state index contributed by atoms with van der Waals surface area (Å²) < 4.78 is 24.7. The van der Waals surface area contributed by atoms with Gasteiger partial charge in [-0.25, -0.2) is 0 Å². The maximum atomic E-state index is 5.79. The summed E-state index contributed by atoms with van der Waals surface area (Å²) in [6.45, 7) is 4.70. The Bertz CT molecular complexity index is 289. The van der Waals surface area contributed by atoms with Crippen LogP contribution in [0.3, 0.4) is 0 Å². The van der Waals surface area contributed by atoms with E-state index in [0.717, 1.165) is 24.8 Å². The molecule has 1 aliphatic heterocycles. The van der Waals surface area contributed by atoms with Crippen molar-refractivity contribution < 1.29 is 17.7 Å². The van der Waals surface area contributed by atoms with Gasteiger partial charge in [0.2, 0.25) is 0 Å². The van der Waals surface area contributed by atoms with E-state index < -0.39 is 17.3 Å². The molecule has 0 aromatic heterocycles. The van der Waals surface area contributed by atoms with Crippen molar-refractivity contribution in [1.29, 1.82) is 0 Å². The first-order valence-electron chi connectivity index (χ1n) is 7.59. The molecular weight excluding hydrogens is 322 g/mol.